The molecular weight excluding hydrogens is 184 g/mol. The number of hydrogen-bond acceptors (Lipinski definition) is 2. The molecule has 1 aliphatic carbocycles. The van der Waals surface area contributed by atoms with Gasteiger partial charge < -0.3 is 10.2 Å². The van der Waals surface area contributed by atoms with Gasteiger partial charge in [0.1, 0.15) is 0 Å². The minimum absolute atomic E-state index is 0.813. The third-order valence-corrected chi connectivity index (χ3v) is 4.18. The van der Waals surface area contributed by atoms with Gasteiger partial charge in [0.25, 0.3) is 0 Å². The highest BCUT2D eigenvalue weighted by atomic mass is 15.2. The van der Waals surface area contributed by atoms with Crippen molar-refractivity contribution >= 4 is 0 Å². The first kappa shape index (κ1) is 11.4. The molecule has 0 aromatic rings. The Hall–Kier alpha value is -0.0800. The van der Waals surface area contributed by atoms with Gasteiger partial charge >= 0.3 is 0 Å². The van der Waals surface area contributed by atoms with Crippen LogP contribution in [0, 0.1) is 5.92 Å². The van der Waals surface area contributed by atoms with Gasteiger partial charge in [0.05, 0.1) is 0 Å². The zero-order chi connectivity index (χ0) is 10.5. The Balaban J connectivity index is 1.73. The van der Waals surface area contributed by atoms with Gasteiger partial charge in [0, 0.05) is 19.1 Å². The van der Waals surface area contributed by atoms with Crippen molar-refractivity contribution in [1.29, 1.82) is 0 Å². The number of nitrogens with zero attached hydrogens (tertiary/aromatic N) is 1. The van der Waals surface area contributed by atoms with Crippen molar-refractivity contribution in [1.82, 2.24) is 10.2 Å². The molecule has 15 heavy (non-hydrogen) atoms. The quantitative estimate of drug-likeness (QED) is 0.719. The molecule has 1 aliphatic heterocycles. The van der Waals surface area contributed by atoms with E-state index in [1.165, 1.54) is 64.6 Å². The van der Waals surface area contributed by atoms with Crippen molar-refractivity contribution in [2.45, 2.75) is 51.0 Å². The minimum atomic E-state index is 0.813. The summed E-state index contributed by atoms with van der Waals surface area (Å²) in [5.41, 5.74) is 0. The lowest BCUT2D eigenvalue weighted by Crippen LogP contribution is -2.36. The van der Waals surface area contributed by atoms with E-state index in [4.69, 9.17) is 0 Å². The Bertz CT molecular complexity index is 167. The molecule has 1 heterocycles. The summed E-state index contributed by atoms with van der Waals surface area (Å²) in [6.45, 7) is 3.77. The lowest BCUT2D eigenvalue weighted by Gasteiger charge is -2.27. The number of nitrogens with one attached hydrogen (secondary N) is 1. The molecule has 0 radical (unpaired) electrons. The SMILES string of the molecule is CN(CC1CCCCCC1)C1CCNC1. The van der Waals surface area contributed by atoms with Crippen LogP contribution in [0.5, 0.6) is 0 Å². The molecule has 0 aromatic carbocycles. The predicted octanol–water partition coefficient (Wildman–Crippen LogP) is 2.25. The summed E-state index contributed by atoms with van der Waals surface area (Å²) in [4.78, 5) is 2.61. The van der Waals surface area contributed by atoms with Gasteiger partial charge in [-0.05, 0) is 38.8 Å². The van der Waals surface area contributed by atoms with Crippen molar-refractivity contribution in [2.75, 3.05) is 26.7 Å². The molecule has 0 bridgehead atoms. The summed E-state index contributed by atoms with van der Waals surface area (Å²) in [5.74, 6) is 0.984. The van der Waals surface area contributed by atoms with Crippen LogP contribution in [0.25, 0.3) is 0 Å². The third-order valence-electron chi connectivity index (χ3n) is 4.18. The molecule has 0 amide bonds. The Kier molecular flexibility index (Phi) is 4.45. The molecule has 88 valence electrons. The molecule has 2 fully saturated rings. The van der Waals surface area contributed by atoms with Crippen LogP contribution in [0.15, 0.2) is 0 Å². The highest BCUT2D eigenvalue weighted by Crippen LogP contribution is 2.24. The van der Waals surface area contributed by atoms with Crippen LogP contribution in [-0.4, -0.2) is 37.6 Å². The fraction of sp³-hybridized carbons (Fsp3) is 1.00. The van der Waals surface area contributed by atoms with Gasteiger partial charge in [-0.1, -0.05) is 25.7 Å². The van der Waals surface area contributed by atoms with Crippen LogP contribution >= 0.6 is 0 Å². The van der Waals surface area contributed by atoms with Gasteiger partial charge in [-0.15, -0.1) is 0 Å². The van der Waals surface area contributed by atoms with E-state index in [0.29, 0.717) is 0 Å². The Morgan fingerprint density at radius 3 is 2.40 bits per heavy atom. The molecule has 1 N–H and O–H groups in total. The van der Waals surface area contributed by atoms with E-state index < -0.39 is 0 Å². The molecule has 2 aliphatic rings. The Labute approximate surface area is 94.4 Å². The van der Waals surface area contributed by atoms with Gasteiger partial charge in [-0.25, -0.2) is 0 Å². The lowest BCUT2D eigenvalue weighted by molar-refractivity contribution is 0.207. The Morgan fingerprint density at radius 2 is 1.80 bits per heavy atom. The zero-order valence-corrected chi connectivity index (χ0v) is 10.2. The van der Waals surface area contributed by atoms with Crippen LogP contribution in [0.1, 0.15) is 44.9 Å². The number of likely N-dealkylation sites (N-methyl/N-ethyl adjacent to an activating group) is 1. The van der Waals surface area contributed by atoms with E-state index in [-0.39, 0.29) is 0 Å². The first-order valence-corrected chi connectivity index (χ1v) is 6.77. The van der Waals surface area contributed by atoms with E-state index >= 15 is 0 Å². The lowest BCUT2D eigenvalue weighted by atomic mass is 9.99. The van der Waals surface area contributed by atoms with Crippen LogP contribution < -0.4 is 5.32 Å². The molecule has 2 nitrogen and oxygen atoms in total. The van der Waals surface area contributed by atoms with Gasteiger partial charge in [-0.3, -0.25) is 0 Å². The van der Waals surface area contributed by atoms with Crippen LogP contribution in [0.2, 0.25) is 0 Å². The van der Waals surface area contributed by atoms with Crippen molar-refractivity contribution in [3.8, 4) is 0 Å². The van der Waals surface area contributed by atoms with E-state index in [0.717, 1.165) is 12.0 Å². The summed E-state index contributed by atoms with van der Waals surface area (Å²) in [6.07, 6.45) is 10.2. The van der Waals surface area contributed by atoms with E-state index in [1.807, 2.05) is 0 Å². The minimum Gasteiger partial charge on any atom is -0.315 e. The first-order valence-electron chi connectivity index (χ1n) is 6.77. The highest BCUT2D eigenvalue weighted by molar-refractivity contribution is 4.80. The fourth-order valence-electron chi connectivity index (χ4n) is 3.12. The maximum absolute atomic E-state index is 3.46. The molecule has 2 rings (SSSR count). The van der Waals surface area contributed by atoms with Gasteiger partial charge in [-0.2, -0.15) is 0 Å². The van der Waals surface area contributed by atoms with Gasteiger partial charge in [0.2, 0.25) is 0 Å². The second kappa shape index (κ2) is 5.86. The molecule has 0 aromatic heterocycles. The molecular formula is C13H26N2. The summed E-state index contributed by atoms with van der Waals surface area (Å²) in [6, 6.07) is 0.813. The third kappa shape index (κ3) is 3.46. The van der Waals surface area contributed by atoms with Crippen LogP contribution in [0.4, 0.5) is 0 Å². The highest BCUT2D eigenvalue weighted by Gasteiger charge is 2.22. The van der Waals surface area contributed by atoms with Crippen molar-refractivity contribution in [3.63, 3.8) is 0 Å². The van der Waals surface area contributed by atoms with E-state index in [1.54, 1.807) is 0 Å². The van der Waals surface area contributed by atoms with Gasteiger partial charge in [0.15, 0.2) is 0 Å². The van der Waals surface area contributed by atoms with Crippen LogP contribution in [-0.2, 0) is 0 Å². The smallest absolute Gasteiger partial charge is 0.0229 e. The fourth-order valence-corrected chi connectivity index (χ4v) is 3.12. The molecule has 1 saturated heterocycles. The maximum atomic E-state index is 3.46. The normalized spacial score (nSPS) is 29.6. The molecule has 1 saturated carbocycles. The maximum Gasteiger partial charge on any atom is 0.0229 e. The molecule has 0 spiro atoms. The summed E-state index contributed by atoms with van der Waals surface area (Å²) >= 11 is 0. The summed E-state index contributed by atoms with van der Waals surface area (Å²) in [5, 5.41) is 3.46. The topological polar surface area (TPSA) is 15.3 Å². The summed E-state index contributed by atoms with van der Waals surface area (Å²) < 4.78 is 0. The second-order valence-electron chi connectivity index (χ2n) is 5.44. The standard InChI is InChI=1S/C13H26N2/c1-15(13-8-9-14-10-13)11-12-6-4-2-3-5-7-12/h12-14H,2-11H2,1H3. The number of rotatable bonds is 3. The molecule has 2 heteroatoms. The first-order chi connectivity index (χ1) is 7.36. The monoisotopic (exact) mass is 210 g/mol. The molecule has 1 atom stereocenters. The predicted molar refractivity (Wildman–Crippen MR) is 65.1 cm³/mol. The largest absolute Gasteiger partial charge is 0.315 e. The van der Waals surface area contributed by atoms with Crippen LogP contribution in [0.3, 0.4) is 0 Å². The second-order valence-corrected chi connectivity index (χ2v) is 5.44. The zero-order valence-electron chi connectivity index (χ0n) is 10.2. The Morgan fingerprint density at radius 1 is 1.07 bits per heavy atom. The van der Waals surface area contributed by atoms with Crippen molar-refractivity contribution in [3.05, 3.63) is 0 Å². The average molecular weight is 210 g/mol. The summed E-state index contributed by atoms with van der Waals surface area (Å²) in [7, 11) is 2.32. The van der Waals surface area contributed by atoms with Crippen molar-refractivity contribution in [2.24, 2.45) is 5.92 Å². The van der Waals surface area contributed by atoms with E-state index in [2.05, 4.69) is 17.3 Å². The average Bonchev–Trinajstić information content (AvgIpc) is 2.65. The number of hydrogen-bond donors (Lipinski definition) is 1. The van der Waals surface area contributed by atoms with Crippen molar-refractivity contribution < 1.29 is 0 Å². The molecule has 1 unspecified atom stereocenters. The van der Waals surface area contributed by atoms with E-state index in [9.17, 15) is 0 Å².